The van der Waals surface area contributed by atoms with Crippen molar-refractivity contribution in [3.8, 4) is 0 Å². The third-order valence-corrected chi connectivity index (χ3v) is 2.36. The van der Waals surface area contributed by atoms with Gasteiger partial charge in [0.15, 0.2) is 0 Å². The SMILES string of the molecule is CCC(Cl)CNC(=O)c1cnn(C)c1. The van der Waals surface area contributed by atoms with E-state index in [1.54, 1.807) is 17.9 Å². The van der Waals surface area contributed by atoms with Gasteiger partial charge in [0.1, 0.15) is 0 Å². The van der Waals surface area contributed by atoms with E-state index in [0.717, 1.165) is 6.42 Å². The Morgan fingerprint density at radius 2 is 2.50 bits per heavy atom. The van der Waals surface area contributed by atoms with E-state index in [1.165, 1.54) is 6.20 Å². The molecule has 1 atom stereocenters. The maximum Gasteiger partial charge on any atom is 0.254 e. The molecule has 1 unspecified atom stereocenters. The number of aromatic nitrogens is 2. The van der Waals surface area contributed by atoms with Gasteiger partial charge < -0.3 is 5.32 Å². The van der Waals surface area contributed by atoms with Gasteiger partial charge in [-0.2, -0.15) is 5.10 Å². The normalized spacial score (nSPS) is 12.5. The average molecular weight is 216 g/mol. The summed E-state index contributed by atoms with van der Waals surface area (Å²) < 4.78 is 1.59. The number of nitrogens with one attached hydrogen (secondary N) is 1. The molecule has 78 valence electrons. The molecule has 0 bridgehead atoms. The Hall–Kier alpha value is -1.03. The van der Waals surface area contributed by atoms with Crippen LogP contribution in [0.4, 0.5) is 0 Å². The molecule has 0 aliphatic carbocycles. The van der Waals surface area contributed by atoms with Crippen LogP contribution in [0, 0.1) is 0 Å². The summed E-state index contributed by atoms with van der Waals surface area (Å²) in [5.74, 6) is -0.128. The smallest absolute Gasteiger partial charge is 0.254 e. The molecular formula is C9H14ClN3O. The lowest BCUT2D eigenvalue weighted by Gasteiger charge is -2.06. The molecule has 0 fully saturated rings. The van der Waals surface area contributed by atoms with Crippen molar-refractivity contribution in [1.29, 1.82) is 0 Å². The predicted octanol–water partition coefficient (Wildman–Crippen LogP) is 1.17. The minimum Gasteiger partial charge on any atom is -0.350 e. The van der Waals surface area contributed by atoms with E-state index in [1.807, 2.05) is 6.92 Å². The molecule has 4 nitrogen and oxygen atoms in total. The molecule has 0 spiro atoms. The van der Waals surface area contributed by atoms with Crippen LogP contribution < -0.4 is 5.32 Å². The fraction of sp³-hybridized carbons (Fsp3) is 0.556. The molecule has 5 heteroatoms. The Balaban J connectivity index is 2.43. The van der Waals surface area contributed by atoms with E-state index >= 15 is 0 Å². The van der Waals surface area contributed by atoms with Crippen molar-refractivity contribution in [2.45, 2.75) is 18.7 Å². The molecule has 1 heterocycles. The molecular weight excluding hydrogens is 202 g/mol. The third kappa shape index (κ3) is 3.03. The average Bonchev–Trinajstić information content (AvgIpc) is 2.60. The summed E-state index contributed by atoms with van der Waals surface area (Å²) in [6, 6.07) is 0. The highest BCUT2D eigenvalue weighted by Crippen LogP contribution is 2.00. The van der Waals surface area contributed by atoms with Gasteiger partial charge in [-0.3, -0.25) is 9.48 Å². The van der Waals surface area contributed by atoms with Crippen LogP contribution in [0.2, 0.25) is 0 Å². The topological polar surface area (TPSA) is 46.9 Å². The number of hydrogen-bond acceptors (Lipinski definition) is 2. The maximum absolute atomic E-state index is 11.5. The highest BCUT2D eigenvalue weighted by atomic mass is 35.5. The number of carbonyl (C=O) groups excluding carboxylic acids is 1. The monoisotopic (exact) mass is 215 g/mol. The van der Waals surface area contributed by atoms with E-state index in [9.17, 15) is 4.79 Å². The fourth-order valence-corrected chi connectivity index (χ4v) is 1.07. The van der Waals surface area contributed by atoms with E-state index in [-0.39, 0.29) is 11.3 Å². The van der Waals surface area contributed by atoms with Crippen LogP contribution in [-0.4, -0.2) is 27.6 Å². The third-order valence-electron chi connectivity index (χ3n) is 1.89. The highest BCUT2D eigenvalue weighted by Gasteiger charge is 2.08. The standard InChI is InChI=1S/C9H14ClN3O/c1-3-8(10)5-11-9(14)7-4-12-13(2)6-7/h4,6,8H,3,5H2,1-2H3,(H,11,14). The number of carbonyl (C=O) groups is 1. The fourth-order valence-electron chi connectivity index (χ4n) is 0.988. The van der Waals surface area contributed by atoms with Gasteiger partial charge in [-0.15, -0.1) is 11.6 Å². The number of amides is 1. The lowest BCUT2D eigenvalue weighted by atomic mass is 10.3. The summed E-state index contributed by atoms with van der Waals surface area (Å²) in [5.41, 5.74) is 0.562. The molecule has 1 amide bonds. The van der Waals surface area contributed by atoms with Crippen LogP contribution in [0.15, 0.2) is 12.4 Å². The summed E-state index contributed by atoms with van der Waals surface area (Å²) in [5, 5.41) is 6.64. The molecule has 1 aromatic rings. The Kier molecular flexibility index (Phi) is 3.95. The summed E-state index contributed by atoms with van der Waals surface area (Å²) in [4.78, 5) is 11.5. The van der Waals surface area contributed by atoms with Crippen molar-refractivity contribution in [1.82, 2.24) is 15.1 Å². The highest BCUT2D eigenvalue weighted by molar-refractivity contribution is 6.20. The number of nitrogens with zero attached hydrogens (tertiary/aromatic N) is 2. The second kappa shape index (κ2) is 5.00. The maximum atomic E-state index is 11.5. The summed E-state index contributed by atoms with van der Waals surface area (Å²) in [6.07, 6.45) is 4.05. The molecule has 0 aliphatic heterocycles. The van der Waals surface area contributed by atoms with E-state index in [0.29, 0.717) is 12.1 Å². The van der Waals surface area contributed by atoms with Crippen LogP contribution >= 0.6 is 11.6 Å². The van der Waals surface area contributed by atoms with Crippen molar-refractivity contribution in [3.63, 3.8) is 0 Å². The van der Waals surface area contributed by atoms with E-state index in [2.05, 4.69) is 10.4 Å². The van der Waals surface area contributed by atoms with E-state index < -0.39 is 0 Å². The zero-order valence-electron chi connectivity index (χ0n) is 8.33. The van der Waals surface area contributed by atoms with Crippen LogP contribution in [0.25, 0.3) is 0 Å². The second-order valence-electron chi connectivity index (χ2n) is 3.12. The molecule has 0 aliphatic rings. The first-order valence-electron chi connectivity index (χ1n) is 4.54. The van der Waals surface area contributed by atoms with Crippen molar-refractivity contribution < 1.29 is 4.79 Å². The first-order valence-corrected chi connectivity index (χ1v) is 4.98. The minimum absolute atomic E-state index is 0.00405. The molecule has 1 aromatic heterocycles. The van der Waals surface area contributed by atoms with Crippen LogP contribution in [-0.2, 0) is 7.05 Å². The number of hydrogen-bond donors (Lipinski definition) is 1. The minimum atomic E-state index is -0.128. The number of rotatable bonds is 4. The predicted molar refractivity (Wildman–Crippen MR) is 55.5 cm³/mol. The van der Waals surface area contributed by atoms with Crippen molar-refractivity contribution in [3.05, 3.63) is 18.0 Å². The Morgan fingerprint density at radius 1 is 1.79 bits per heavy atom. The second-order valence-corrected chi connectivity index (χ2v) is 3.74. The molecule has 0 saturated carbocycles. The first-order chi connectivity index (χ1) is 6.63. The van der Waals surface area contributed by atoms with Gasteiger partial charge in [0, 0.05) is 19.8 Å². The molecule has 1 N–H and O–H groups in total. The van der Waals surface area contributed by atoms with Gasteiger partial charge in [-0.05, 0) is 6.42 Å². The van der Waals surface area contributed by atoms with Gasteiger partial charge in [0.2, 0.25) is 0 Å². The molecule has 0 aromatic carbocycles. The van der Waals surface area contributed by atoms with Crippen LogP contribution in [0.1, 0.15) is 23.7 Å². The number of aryl methyl sites for hydroxylation is 1. The van der Waals surface area contributed by atoms with Gasteiger partial charge in [-0.1, -0.05) is 6.92 Å². The van der Waals surface area contributed by atoms with Crippen molar-refractivity contribution in [2.75, 3.05) is 6.54 Å². The molecule has 1 rings (SSSR count). The molecule has 0 saturated heterocycles. The van der Waals surface area contributed by atoms with Crippen LogP contribution in [0.5, 0.6) is 0 Å². The van der Waals surface area contributed by atoms with Gasteiger partial charge in [0.05, 0.1) is 17.1 Å². The number of alkyl halides is 1. The van der Waals surface area contributed by atoms with Gasteiger partial charge in [0.25, 0.3) is 5.91 Å². The van der Waals surface area contributed by atoms with Crippen molar-refractivity contribution in [2.24, 2.45) is 7.05 Å². The summed E-state index contributed by atoms with van der Waals surface area (Å²) in [7, 11) is 1.77. The largest absolute Gasteiger partial charge is 0.350 e. The lowest BCUT2D eigenvalue weighted by Crippen LogP contribution is -2.29. The van der Waals surface area contributed by atoms with Crippen LogP contribution in [0.3, 0.4) is 0 Å². The van der Waals surface area contributed by atoms with E-state index in [4.69, 9.17) is 11.6 Å². The summed E-state index contributed by atoms with van der Waals surface area (Å²) >= 11 is 5.87. The van der Waals surface area contributed by atoms with Gasteiger partial charge >= 0.3 is 0 Å². The van der Waals surface area contributed by atoms with Gasteiger partial charge in [-0.25, -0.2) is 0 Å². The lowest BCUT2D eigenvalue weighted by molar-refractivity contribution is 0.0953. The molecule has 14 heavy (non-hydrogen) atoms. The summed E-state index contributed by atoms with van der Waals surface area (Å²) in [6.45, 7) is 2.47. The quantitative estimate of drug-likeness (QED) is 0.767. The zero-order valence-corrected chi connectivity index (χ0v) is 9.08. The Bertz CT molecular complexity index is 311. The zero-order chi connectivity index (χ0) is 10.6. The van der Waals surface area contributed by atoms with Crippen molar-refractivity contribution >= 4 is 17.5 Å². The Morgan fingerprint density at radius 3 is 3.00 bits per heavy atom. The molecule has 0 radical (unpaired) electrons. The Labute approximate surface area is 88.2 Å². The number of halogens is 1. The first kappa shape index (κ1) is 11.0.